The fourth-order valence-electron chi connectivity index (χ4n) is 12.8. The SMILES string of the molecule is CC(=O)OC(C)(C)C.CC(C)(C)OC(=O)c1ccccc1.CC(C)(C)OC(=O)c1ccccc1.CC1(OC(=O)c2ccccc2)CC2CCC1C2.CC1(OC(=O)c2ccccc2)CCCC1.CC1(OC(=O)c2ccccc2)CCCCC1.CCC(C)(C)OC(=O)c1ccccc1.CF.CF.CF.CF.CF.COCCC[SiH3].COCCC[SiH3].COCCC[SiH3].COCCC[SiH3].COCCC[SiH3].COCCC[SiH3]. The Morgan fingerprint density at radius 3 is 0.690 bits per heavy atom. The summed E-state index contributed by atoms with van der Waals surface area (Å²) in [7, 11) is 20.9. The van der Waals surface area contributed by atoms with Crippen molar-refractivity contribution < 1.29 is 117 Å². The number of carbonyl (C=O) groups is 7. The predicted molar refractivity (Wildman–Crippen MR) is 601 cm³/mol. The Balaban J connectivity index is -0.000000231. The van der Waals surface area contributed by atoms with Gasteiger partial charge < -0.3 is 61.6 Å². The predicted octanol–water partition coefficient (Wildman–Crippen LogP) is 21.6. The van der Waals surface area contributed by atoms with Gasteiger partial charge in [-0.15, -0.1) is 0 Å². The summed E-state index contributed by atoms with van der Waals surface area (Å²) in [5.74, 6) is -0.199. The standard InChI is InChI=1S/C15H18O2.C14H18O2.C13H16O2.C12H16O2.2C11H14O2.C6H12O2.6C4H12OSi.5CH3F/c1-15(10-11-7-8-13(15)9-11)17-14(16)12-5-3-2-4-6-12;1-14(10-6-3-7-11-14)16-13(15)12-8-4-2-5-9-12;1-13(9-5-6-10-13)15-12(14)11-7-3-2-4-8-11;1-4-12(2,3)14-11(13)10-8-6-5-7-9-10;2*1-11(2,3)13-10(12)9-7-5-4-6-8-9;1-5(7)8-6(2,3)4;6*1-5-3-2-4-6;5*1-2/h2-6,11,13H,7-10H2,1H3;2,4-5,8-9H,3,6-7,10-11H2,1H3;2-4,7-8H,5-6,9-10H2,1H3;5-9H,4H2,1-3H3;2*4-8H,1-3H3;1-4H3;6*2-4H2,1,6H3;5*1H3. The van der Waals surface area contributed by atoms with Gasteiger partial charge in [0.25, 0.3) is 0 Å². The van der Waals surface area contributed by atoms with Crippen molar-refractivity contribution in [2.45, 2.75) is 315 Å². The summed E-state index contributed by atoms with van der Waals surface area (Å²) in [6, 6.07) is 63.0. The molecule has 4 fully saturated rings. The molecule has 3 unspecified atom stereocenters. The minimum atomic E-state index is -0.424. The Bertz CT molecular complexity index is 3690. The van der Waals surface area contributed by atoms with Crippen LogP contribution in [-0.2, 0) is 66.4 Å². The molecule has 31 heteroatoms. The van der Waals surface area contributed by atoms with E-state index >= 15 is 0 Å². The van der Waals surface area contributed by atoms with Crippen molar-refractivity contribution >= 4 is 103 Å². The van der Waals surface area contributed by atoms with Crippen LogP contribution in [0.25, 0.3) is 0 Å². The summed E-state index contributed by atoms with van der Waals surface area (Å²) in [6.07, 6.45) is 23.1. The number of hydrogen-bond acceptors (Lipinski definition) is 20. The molecule has 0 heterocycles. The maximum atomic E-state index is 12.1. The Morgan fingerprint density at radius 2 is 0.521 bits per heavy atom. The first-order valence-corrected chi connectivity index (χ1v) is 58.7. The summed E-state index contributed by atoms with van der Waals surface area (Å²) in [6.45, 7) is 35.8. The first-order chi connectivity index (χ1) is 67.5. The molecule has 0 saturated heterocycles. The zero-order valence-electron chi connectivity index (χ0n) is 94.2. The molecule has 0 aliphatic heterocycles. The van der Waals surface area contributed by atoms with Crippen molar-refractivity contribution in [2.24, 2.45) is 11.8 Å². The molecule has 142 heavy (non-hydrogen) atoms. The number of ether oxygens (including phenoxy) is 13. The zero-order chi connectivity index (χ0) is 110. The van der Waals surface area contributed by atoms with Gasteiger partial charge >= 0.3 is 41.8 Å². The molecule has 3 atom stereocenters. The molecule has 2 bridgehead atoms. The van der Waals surface area contributed by atoms with Gasteiger partial charge in [0.1, 0.15) is 39.2 Å². The monoisotopic (exact) mass is 2110 g/mol. The van der Waals surface area contributed by atoms with Crippen LogP contribution in [0.1, 0.15) is 301 Å². The van der Waals surface area contributed by atoms with Gasteiger partial charge in [-0.25, -0.2) is 28.8 Å². The molecule has 0 N–H and O–H groups in total. The van der Waals surface area contributed by atoms with Gasteiger partial charge in [-0.05, 0) is 304 Å². The van der Waals surface area contributed by atoms with E-state index in [0.717, 1.165) is 84.1 Å². The number of esters is 7. The normalized spacial score (nSPS) is 14.6. The molecule has 6 aromatic carbocycles. The Morgan fingerprint density at radius 1 is 0.310 bits per heavy atom. The number of benzene rings is 6. The van der Waals surface area contributed by atoms with E-state index in [9.17, 15) is 55.5 Å². The van der Waals surface area contributed by atoms with Crippen LogP contribution in [0.15, 0.2) is 182 Å². The molecule has 818 valence electrons. The molecule has 4 aliphatic rings. The quantitative estimate of drug-likeness (QED) is 0.0139. The lowest BCUT2D eigenvalue weighted by molar-refractivity contribution is -0.151. The van der Waals surface area contributed by atoms with E-state index in [-0.39, 0.29) is 69.8 Å². The highest BCUT2D eigenvalue weighted by atomic mass is 28.2. The molecule has 0 amide bonds. The lowest BCUT2D eigenvalue weighted by Crippen LogP contribution is -2.37. The van der Waals surface area contributed by atoms with Crippen molar-refractivity contribution in [1.29, 1.82) is 0 Å². The first kappa shape index (κ1) is 150. The third-order valence-corrected chi connectivity index (χ3v) is 24.7. The number of carbonyl (C=O) groups excluding carboxylic acids is 7. The van der Waals surface area contributed by atoms with Crippen LogP contribution in [0.5, 0.6) is 0 Å². The minimum Gasteiger partial charge on any atom is -0.460 e. The van der Waals surface area contributed by atoms with Gasteiger partial charge in [0.2, 0.25) is 0 Å². The van der Waals surface area contributed by atoms with E-state index in [2.05, 4.69) is 6.92 Å². The second kappa shape index (κ2) is 98.0. The second-order valence-electron chi connectivity index (χ2n) is 37.2. The van der Waals surface area contributed by atoms with Crippen LogP contribution in [0, 0.1) is 11.8 Å². The summed E-state index contributed by atoms with van der Waals surface area (Å²) < 4.78 is 114. The number of halogens is 5. The summed E-state index contributed by atoms with van der Waals surface area (Å²) in [4.78, 5) is 80.4. The molecule has 6 aromatic rings. The van der Waals surface area contributed by atoms with Gasteiger partial charge in [0.15, 0.2) is 0 Å². The largest absolute Gasteiger partial charge is 0.460 e. The van der Waals surface area contributed by atoms with Crippen LogP contribution in [0.4, 0.5) is 22.0 Å². The fraction of sp³-hybridized carbons (Fsp3) is 0.613. The van der Waals surface area contributed by atoms with Crippen LogP contribution in [-0.4, -0.2) is 261 Å². The molecule has 0 radical (unpaired) electrons. The van der Waals surface area contributed by atoms with Crippen LogP contribution >= 0.6 is 0 Å². The number of alkyl halides is 5. The van der Waals surface area contributed by atoms with Crippen LogP contribution in [0.3, 0.4) is 0 Å². The Hall–Kier alpha value is -7.68. The highest BCUT2D eigenvalue weighted by Crippen LogP contribution is 2.52. The first-order valence-electron chi connectivity index (χ1n) is 50.2. The lowest BCUT2D eigenvalue weighted by atomic mass is 9.85. The van der Waals surface area contributed by atoms with E-state index in [1.807, 2.05) is 218 Å². The van der Waals surface area contributed by atoms with Crippen molar-refractivity contribution in [3.63, 3.8) is 0 Å². The minimum absolute atomic E-state index is 0.166. The molecule has 0 spiro atoms. The van der Waals surface area contributed by atoms with Crippen molar-refractivity contribution in [2.75, 3.05) is 118 Å². The van der Waals surface area contributed by atoms with E-state index < -0.39 is 11.2 Å². The smallest absolute Gasteiger partial charge is 0.338 e. The molecular formula is C111H195F5O20Si6. The Kier molecular flexibility index (Phi) is 103. The zero-order valence-corrected chi connectivity index (χ0v) is 106. The number of fused-ring (bicyclic) bond motifs is 2. The maximum Gasteiger partial charge on any atom is 0.338 e. The average molecular weight is 2110 g/mol. The second-order valence-corrected chi connectivity index (χ2v) is 43.2. The van der Waals surface area contributed by atoms with E-state index in [1.165, 1.54) is 195 Å². The highest BCUT2D eigenvalue weighted by Gasteiger charge is 2.50. The maximum absolute atomic E-state index is 12.1. The van der Waals surface area contributed by atoms with E-state index in [4.69, 9.17) is 61.6 Å². The molecule has 10 rings (SSSR count). The van der Waals surface area contributed by atoms with E-state index in [1.54, 1.807) is 103 Å². The number of methoxy groups -OCH3 is 6. The molecular weight excluding hydrogens is 1920 g/mol. The third-order valence-electron chi connectivity index (χ3n) is 20.4. The van der Waals surface area contributed by atoms with Gasteiger partial charge in [-0.3, -0.25) is 26.7 Å². The van der Waals surface area contributed by atoms with Gasteiger partial charge in [-0.2, -0.15) is 0 Å². The topological polar surface area (TPSA) is 239 Å². The average Bonchev–Trinajstić information content (AvgIpc) is 1.62. The fourth-order valence-corrected chi connectivity index (χ4v) is 14.5. The van der Waals surface area contributed by atoms with Crippen LogP contribution in [0.2, 0.25) is 36.3 Å². The number of rotatable bonds is 29. The number of hydrogen-bond donors (Lipinski definition) is 0. The molecule has 0 aromatic heterocycles. The summed E-state index contributed by atoms with van der Waals surface area (Å²) >= 11 is 0. The van der Waals surface area contributed by atoms with Gasteiger partial charge in [0, 0.05) is 151 Å². The summed E-state index contributed by atoms with van der Waals surface area (Å²) in [5, 5.41) is 0. The van der Waals surface area contributed by atoms with Crippen molar-refractivity contribution in [3.8, 4) is 0 Å². The lowest BCUT2D eigenvalue weighted by Gasteiger charge is -2.33. The molecule has 20 nitrogen and oxygen atoms in total. The van der Waals surface area contributed by atoms with Gasteiger partial charge in [0.05, 0.1) is 69.3 Å². The third kappa shape index (κ3) is 89.9. The Labute approximate surface area is 875 Å². The van der Waals surface area contributed by atoms with Crippen molar-refractivity contribution in [3.05, 3.63) is 215 Å². The molecule has 4 saturated carbocycles. The molecule has 4 aliphatic carbocycles. The van der Waals surface area contributed by atoms with Gasteiger partial charge in [-0.1, -0.05) is 159 Å². The summed E-state index contributed by atoms with van der Waals surface area (Å²) in [5.41, 5.74) is 1.51. The van der Waals surface area contributed by atoms with Crippen molar-refractivity contribution in [1.82, 2.24) is 0 Å². The highest BCUT2D eigenvalue weighted by molar-refractivity contribution is 6.09. The van der Waals surface area contributed by atoms with E-state index in [0.29, 0.717) is 75.2 Å². The van der Waals surface area contributed by atoms with Crippen LogP contribution < -0.4 is 0 Å².